The fraction of sp³-hybridized carbons (Fsp3) is 0.467. The zero-order valence-corrected chi connectivity index (χ0v) is 12.9. The number of non-ortho nitro benzene ring substituents is 1. The minimum atomic E-state index is -1.27. The summed E-state index contributed by atoms with van der Waals surface area (Å²) in [6.45, 7) is 1.52. The molecule has 3 rings (SSSR count). The van der Waals surface area contributed by atoms with Crippen LogP contribution in [0.1, 0.15) is 37.7 Å². The average molecular weight is 333 g/mol. The van der Waals surface area contributed by atoms with Crippen molar-refractivity contribution in [1.29, 1.82) is 0 Å². The lowest BCUT2D eigenvalue weighted by molar-refractivity contribution is -0.523. The second kappa shape index (κ2) is 5.66. The number of rotatable bonds is 3. The number of Topliss-reactive ketones (excluding diaryl/α,β-unsaturated/α-hetero) is 1. The van der Waals surface area contributed by atoms with Crippen molar-refractivity contribution in [2.75, 3.05) is 0 Å². The first-order valence-electron chi connectivity index (χ1n) is 7.44. The Morgan fingerprint density at radius 3 is 2.50 bits per heavy atom. The Labute approximate surface area is 136 Å². The third-order valence-corrected chi connectivity index (χ3v) is 4.61. The van der Waals surface area contributed by atoms with Gasteiger partial charge in [-0.25, -0.2) is 0 Å². The Balaban J connectivity index is 1.90. The van der Waals surface area contributed by atoms with E-state index in [-0.39, 0.29) is 42.4 Å². The molecule has 126 valence electrons. The van der Waals surface area contributed by atoms with Crippen molar-refractivity contribution < 1.29 is 19.5 Å². The van der Waals surface area contributed by atoms with Crippen LogP contribution in [0.2, 0.25) is 0 Å². The highest BCUT2D eigenvalue weighted by molar-refractivity contribution is 5.90. The molecule has 2 aliphatic rings. The SMILES string of the molecule is CC1=NO[C@]2(CC(=O)C[C@@H](c3ccc([N+](=O)[O-])cc3)C2)[C@H]1[N+](=O)[O-]. The van der Waals surface area contributed by atoms with Gasteiger partial charge in [-0.1, -0.05) is 17.3 Å². The highest BCUT2D eigenvalue weighted by Gasteiger charge is 2.59. The molecule has 1 heterocycles. The standard InChI is InChI=1S/C15H15N3O6/c1-9-14(18(22)23)15(24-16-9)7-11(6-13(19)8-15)10-2-4-12(5-3-10)17(20)21/h2-5,11,14H,6-8H2,1H3/t11-,14+,15-/m1/s1. The normalized spacial score (nSPS) is 29.2. The van der Waals surface area contributed by atoms with E-state index in [2.05, 4.69) is 5.16 Å². The fourth-order valence-corrected chi connectivity index (χ4v) is 3.61. The summed E-state index contributed by atoms with van der Waals surface area (Å²) >= 11 is 0. The lowest BCUT2D eigenvalue weighted by Crippen LogP contribution is -2.52. The number of oxime groups is 1. The number of hydrogen-bond donors (Lipinski definition) is 0. The van der Waals surface area contributed by atoms with Gasteiger partial charge in [-0.15, -0.1) is 0 Å². The van der Waals surface area contributed by atoms with Crippen LogP contribution < -0.4 is 0 Å². The van der Waals surface area contributed by atoms with E-state index in [1.54, 1.807) is 12.1 Å². The number of hydrogen-bond acceptors (Lipinski definition) is 7. The molecular weight excluding hydrogens is 318 g/mol. The van der Waals surface area contributed by atoms with Crippen molar-refractivity contribution in [2.45, 2.75) is 43.7 Å². The Morgan fingerprint density at radius 2 is 1.92 bits per heavy atom. The van der Waals surface area contributed by atoms with E-state index in [1.807, 2.05) is 0 Å². The van der Waals surface area contributed by atoms with E-state index in [0.29, 0.717) is 0 Å². The predicted octanol–water partition coefficient (Wildman–Crippen LogP) is 2.22. The number of benzene rings is 1. The molecular formula is C15H15N3O6. The van der Waals surface area contributed by atoms with Crippen molar-refractivity contribution in [2.24, 2.45) is 5.16 Å². The van der Waals surface area contributed by atoms with E-state index in [0.717, 1.165) is 5.56 Å². The fourth-order valence-electron chi connectivity index (χ4n) is 3.61. The van der Waals surface area contributed by atoms with Gasteiger partial charge in [0.15, 0.2) is 0 Å². The van der Waals surface area contributed by atoms with E-state index in [9.17, 15) is 25.0 Å². The van der Waals surface area contributed by atoms with Crippen LogP contribution in [0, 0.1) is 20.2 Å². The molecule has 1 aromatic carbocycles. The largest absolute Gasteiger partial charge is 0.381 e. The molecule has 1 spiro atoms. The zero-order valence-electron chi connectivity index (χ0n) is 12.9. The number of ketones is 1. The molecule has 24 heavy (non-hydrogen) atoms. The van der Waals surface area contributed by atoms with Gasteiger partial charge in [-0.05, 0) is 18.4 Å². The maximum absolute atomic E-state index is 12.2. The summed E-state index contributed by atoms with van der Waals surface area (Å²) in [5.74, 6) is -0.433. The molecule has 1 aliphatic carbocycles. The molecule has 0 radical (unpaired) electrons. The van der Waals surface area contributed by atoms with Gasteiger partial charge in [0, 0.05) is 29.9 Å². The van der Waals surface area contributed by atoms with Gasteiger partial charge in [0.2, 0.25) is 5.60 Å². The second-order valence-corrected chi connectivity index (χ2v) is 6.25. The van der Waals surface area contributed by atoms with Gasteiger partial charge in [-0.3, -0.25) is 25.0 Å². The third-order valence-electron chi connectivity index (χ3n) is 4.61. The summed E-state index contributed by atoms with van der Waals surface area (Å²) in [6, 6.07) is 4.74. The minimum Gasteiger partial charge on any atom is -0.381 e. The third kappa shape index (κ3) is 2.61. The summed E-state index contributed by atoms with van der Waals surface area (Å²) in [4.78, 5) is 38.8. The predicted molar refractivity (Wildman–Crippen MR) is 82.4 cm³/mol. The van der Waals surface area contributed by atoms with Crippen molar-refractivity contribution >= 4 is 17.2 Å². The number of carbonyl (C=O) groups is 1. The Kier molecular flexibility index (Phi) is 3.78. The molecule has 9 nitrogen and oxygen atoms in total. The lowest BCUT2D eigenvalue weighted by atomic mass is 9.71. The summed E-state index contributed by atoms with van der Waals surface area (Å²) in [7, 11) is 0. The van der Waals surface area contributed by atoms with Crippen molar-refractivity contribution in [1.82, 2.24) is 0 Å². The summed E-state index contributed by atoms with van der Waals surface area (Å²) < 4.78 is 0. The van der Waals surface area contributed by atoms with Crippen LogP contribution in [0.15, 0.2) is 29.4 Å². The Bertz CT molecular complexity index is 744. The molecule has 0 N–H and O–H groups in total. The van der Waals surface area contributed by atoms with Crippen LogP contribution in [0.4, 0.5) is 5.69 Å². The monoisotopic (exact) mass is 333 g/mol. The molecule has 0 saturated heterocycles. The highest BCUT2D eigenvalue weighted by atomic mass is 16.7. The van der Waals surface area contributed by atoms with E-state index >= 15 is 0 Å². The van der Waals surface area contributed by atoms with E-state index < -0.39 is 21.5 Å². The van der Waals surface area contributed by atoms with Crippen molar-refractivity contribution in [3.8, 4) is 0 Å². The first-order valence-corrected chi connectivity index (χ1v) is 7.44. The lowest BCUT2D eigenvalue weighted by Gasteiger charge is -2.35. The number of carbonyl (C=O) groups excluding carboxylic acids is 1. The molecule has 0 amide bonds. The van der Waals surface area contributed by atoms with Gasteiger partial charge >= 0.3 is 0 Å². The second-order valence-electron chi connectivity index (χ2n) is 6.25. The van der Waals surface area contributed by atoms with E-state index in [1.165, 1.54) is 19.1 Å². The Hall–Kier alpha value is -2.84. The molecule has 0 bridgehead atoms. The van der Waals surface area contributed by atoms with Crippen LogP contribution >= 0.6 is 0 Å². The quantitative estimate of drug-likeness (QED) is 0.617. The smallest absolute Gasteiger partial charge is 0.295 e. The van der Waals surface area contributed by atoms with Gasteiger partial charge in [-0.2, -0.15) is 0 Å². The van der Waals surface area contributed by atoms with Crippen LogP contribution in [0.3, 0.4) is 0 Å². The molecule has 9 heteroatoms. The van der Waals surface area contributed by atoms with Crippen LogP contribution in [-0.2, 0) is 9.63 Å². The Morgan fingerprint density at radius 1 is 1.25 bits per heavy atom. The van der Waals surface area contributed by atoms with Crippen molar-refractivity contribution in [3.63, 3.8) is 0 Å². The summed E-state index contributed by atoms with van der Waals surface area (Å²) in [6.07, 6.45) is 0.443. The number of nitro groups is 2. The van der Waals surface area contributed by atoms with Gasteiger partial charge in [0.05, 0.1) is 11.3 Å². The molecule has 0 unspecified atom stereocenters. The first kappa shape index (κ1) is 16.0. The molecule has 1 aromatic rings. The molecule has 0 aromatic heterocycles. The number of nitro benzene ring substituents is 1. The molecule has 1 aliphatic heterocycles. The molecule has 1 fully saturated rings. The maximum Gasteiger partial charge on any atom is 0.295 e. The summed E-state index contributed by atoms with van der Waals surface area (Å²) in [5, 5.41) is 25.9. The van der Waals surface area contributed by atoms with Crippen LogP contribution in [-0.4, -0.2) is 33.0 Å². The van der Waals surface area contributed by atoms with E-state index in [4.69, 9.17) is 4.84 Å². The summed E-state index contributed by atoms with van der Waals surface area (Å²) in [5.41, 5.74) is -0.342. The van der Waals surface area contributed by atoms with Crippen LogP contribution in [0.5, 0.6) is 0 Å². The van der Waals surface area contributed by atoms with Crippen molar-refractivity contribution in [3.05, 3.63) is 50.1 Å². The number of nitrogens with zero attached hydrogens (tertiary/aromatic N) is 3. The zero-order chi connectivity index (χ0) is 17.5. The maximum atomic E-state index is 12.2. The van der Waals surface area contributed by atoms with Gasteiger partial charge in [0.25, 0.3) is 11.7 Å². The first-order chi connectivity index (χ1) is 11.3. The topological polar surface area (TPSA) is 125 Å². The van der Waals surface area contributed by atoms with Gasteiger partial charge in [0.1, 0.15) is 11.5 Å². The molecule has 1 saturated carbocycles. The van der Waals surface area contributed by atoms with Gasteiger partial charge < -0.3 is 4.84 Å². The molecule has 3 atom stereocenters. The average Bonchev–Trinajstić information content (AvgIpc) is 2.82. The highest BCUT2D eigenvalue weighted by Crippen LogP contribution is 2.44. The minimum absolute atomic E-state index is 0.0462. The van der Waals surface area contributed by atoms with Crippen LogP contribution in [0.25, 0.3) is 0 Å².